The molecule has 4 rings (SSSR count). The summed E-state index contributed by atoms with van der Waals surface area (Å²) in [7, 11) is 1.87. The number of amides is 2. The first-order valence-corrected chi connectivity index (χ1v) is 11.5. The van der Waals surface area contributed by atoms with Crippen molar-refractivity contribution < 1.29 is 14.4 Å². The van der Waals surface area contributed by atoms with Gasteiger partial charge in [-0.25, -0.2) is 9.67 Å². The number of carbonyl (C=O) groups excluding carboxylic acids is 3. The highest BCUT2D eigenvalue weighted by molar-refractivity contribution is 5.98. The Morgan fingerprint density at radius 3 is 2.58 bits per heavy atom. The van der Waals surface area contributed by atoms with Gasteiger partial charge in [-0.2, -0.15) is 5.10 Å². The molecule has 0 unspecified atom stereocenters. The van der Waals surface area contributed by atoms with E-state index in [0.29, 0.717) is 23.9 Å². The summed E-state index contributed by atoms with van der Waals surface area (Å²) in [5.41, 5.74) is 5.02. The van der Waals surface area contributed by atoms with Crippen LogP contribution in [0.5, 0.6) is 0 Å². The number of ketones is 1. The second-order valence-electron chi connectivity index (χ2n) is 7.95. The molecule has 9 heteroatoms. The van der Waals surface area contributed by atoms with E-state index in [1.807, 2.05) is 60.5 Å². The Hall–Kier alpha value is -4.53. The van der Waals surface area contributed by atoms with Gasteiger partial charge in [0.1, 0.15) is 6.67 Å². The van der Waals surface area contributed by atoms with Crippen LogP contribution in [0.2, 0.25) is 0 Å². The van der Waals surface area contributed by atoms with Gasteiger partial charge in [0.25, 0.3) is 0 Å². The van der Waals surface area contributed by atoms with Crippen molar-refractivity contribution in [1.82, 2.24) is 9.99 Å². The molecule has 2 amide bonds. The van der Waals surface area contributed by atoms with Crippen LogP contribution in [0.4, 0.5) is 11.4 Å². The number of nitrogens with zero attached hydrogens (tertiary/aromatic N) is 4. The highest BCUT2D eigenvalue weighted by Gasteiger charge is 2.23. The van der Waals surface area contributed by atoms with E-state index in [0.717, 1.165) is 35.5 Å². The molecule has 1 fully saturated rings. The van der Waals surface area contributed by atoms with Crippen LogP contribution < -0.4 is 21.0 Å². The third kappa shape index (κ3) is 6.53. The van der Waals surface area contributed by atoms with Crippen LogP contribution in [-0.4, -0.2) is 49.8 Å². The van der Waals surface area contributed by atoms with Gasteiger partial charge in [0, 0.05) is 44.1 Å². The minimum absolute atomic E-state index is 0.0168. The van der Waals surface area contributed by atoms with Gasteiger partial charge >= 0.3 is 0 Å². The molecule has 0 spiro atoms. The van der Waals surface area contributed by atoms with Crippen LogP contribution in [0.15, 0.2) is 77.0 Å². The van der Waals surface area contributed by atoms with E-state index in [9.17, 15) is 14.4 Å². The first-order chi connectivity index (χ1) is 17.5. The van der Waals surface area contributed by atoms with Crippen LogP contribution in [0, 0.1) is 0 Å². The van der Waals surface area contributed by atoms with Gasteiger partial charge < -0.3 is 15.5 Å². The predicted molar refractivity (Wildman–Crippen MR) is 142 cm³/mol. The molecule has 1 aromatic heterocycles. The van der Waals surface area contributed by atoms with E-state index >= 15 is 0 Å². The summed E-state index contributed by atoms with van der Waals surface area (Å²) < 4.78 is 1.52. The van der Waals surface area contributed by atoms with Crippen molar-refractivity contribution in [2.45, 2.75) is 19.8 Å². The van der Waals surface area contributed by atoms with E-state index in [1.165, 1.54) is 11.6 Å². The fourth-order valence-electron chi connectivity index (χ4n) is 3.80. The standard InChI is InChI=1S/C16H16N4O2.C11H14N2O/c1-12(22)13-4-3-5-14(8-13)15-6-7-16(19-10-18-11-21)20(9-15)17-2;1-12-9-5-2-3-6-10(9)13-8-4-7-11(13)14/h3-9,11H,2,10H2,1H3,(H,18,21);2-3,5-6,12H,4,7-8H2,1H3/b19-16-;. The second kappa shape index (κ2) is 12.8. The van der Waals surface area contributed by atoms with Gasteiger partial charge in [-0.1, -0.05) is 30.3 Å². The lowest BCUT2D eigenvalue weighted by atomic mass is 10.0. The molecule has 1 aliphatic rings. The van der Waals surface area contributed by atoms with E-state index < -0.39 is 0 Å². The molecule has 2 heterocycles. The van der Waals surface area contributed by atoms with Crippen molar-refractivity contribution >= 4 is 36.2 Å². The highest BCUT2D eigenvalue weighted by Crippen LogP contribution is 2.28. The van der Waals surface area contributed by atoms with Gasteiger partial charge in [-0.05, 0) is 49.2 Å². The van der Waals surface area contributed by atoms with Crippen molar-refractivity contribution in [2.24, 2.45) is 10.1 Å². The van der Waals surface area contributed by atoms with Crippen molar-refractivity contribution in [1.29, 1.82) is 0 Å². The molecule has 36 heavy (non-hydrogen) atoms. The number of benzene rings is 2. The van der Waals surface area contributed by atoms with Gasteiger partial charge in [0.2, 0.25) is 12.3 Å². The molecule has 0 atom stereocenters. The van der Waals surface area contributed by atoms with Gasteiger partial charge in [0.15, 0.2) is 11.3 Å². The van der Waals surface area contributed by atoms with Crippen molar-refractivity contribution in [3.8, 4) is 11.1 Å². The molecule has 0 radical (unpaired) electrons. The maximum Gasteiger partial charge on any atom is 0.227 e. The third-order valence-electron chi connectivity index (χ3n) is 5.62. The minimum Gasteiger partial charge on any atom is -0.386 e. The Balaban J connectivity index is 0.000000221. The monoisotopic (exact) mass is 486 g/mol. The zero-order valence-corrected chi connectivity index (χ0v) is 20.5. The number of hydrogen-bond donors (Lipinski definition) is 2. The van der Waals surface area contributed by atoms with Crippen molar-refractivity contribution in [3.05, 3.63) is 77.9 Å². The number of nitrogens with one attached hydrogen (secondary N) is 2. The molecule has 1 aliphatic heterocycles. The van der Waals surface area contributed by atoms with E-state index in [2.05, 4.69) is 27.4 Å². The first kappa shape index (κ1) is 26.1. The molecule has 186 valence electrons. The first-order valence-electron chi connectivity index (χ1n) is 11.5. The highest BCUT2D eigenvalue weighted by atomic mass is 16.2. The summed E-state index contributed by atoms with van der Waals surface area (Å²) >= 11 is 0. The molecular formula is C27H30N6O3. The van der Waals surface area contributed by atoms with Gasteiger partial charge in [-0.15, -0.1) is 0 Å². The molecule has 0 aliphatic carbocycles. The lowest BCUT2D eigenvalue weighted by Gasteiger charge is -2.19. The fraction of sp³-hybridized carbons (Fsp3) is 0.222. The smallest absolute Gasteiger partial charge is 0.227 e. The SMILES string of the molecule is C=Nn1cc(-c2cccc(C(C)=O)c2)cc/c1=N/CNC=O.CNc1ccccc1N1CCCC1=O. The van der Waals surface area contributed by atoms with Crippen LogP contribution >= 0.6 is 0 Å². The normalized spacial score (nSPS) is 13.0. The van der Waals surface area contributed by atoms with Crippen molar-refractivity contribution in [2.75, 3.05) is 30.5 Å². The number of hydrogen-bond acceptors (Lipinski definition) is 6. The zero-order valence-electron chi connectivity index (χ0n) is 20.5. The second-order valence-corrected chi connectivity index (χ2v) is 7.95. The number of anilines is 2. The van der Waals surface area contributed by atoms with E-state index in [-0.39, 0.29) is 18.4 Å². The van der Waals surface area contributed by atoms with Crippen molar-refractivity contribution in [3.63, 3.8) is 0 Å². The van der Waals surface area contributed by atoms with Gasteiger partial charge in [-0.3, -0.25) is 14.4 Å². The summed E-state index contributed by atoms with van der Waals surface area (Å²) in [6, 6.07) is 18.9. The quantitative estimate of drug-likeness (QED) is 0.220. The topological polar surface area (TPSA) is 108 Å². The zero-order chi connectivity index (χ0) is 25.9. The number of para-hydroxylation sites is 2. The number of aromatic nitrogens is 1. The maximum absolute atomic E-state index is 11.5. The number of Topliss-reactive ketones (excluding diaryl/α,β-unsaturated/α-hetero) is 1. The van der Waals surface area contributed by atoms with Crippen LogP contribution in [0.3, 0.4) is 0 Å². The molecule has 1 saturated heterocycles. The molecular weight excluding hydrogens is 456 g/mol. The molecule has 2 aromatic carbocycles. The average Bonchev–Trinajstić information content (AvgIpc) is 3.34. The summed E-state index contributed by atoms with van der Waals surface area (Å²) in [5, 5.41) is 9.44. The Labute approximate surface area is 210 Å². The summed E-state index contributed by atoms with van der Waals surface area (Å²) in [5.74, 6) is 0.246. The number of rotatable bonds is 8. The van der Waals surface area contributed by atoms with E-state index in [4.69, 9.17) is 0 Å². The predicted octanol–water partition coefficient (Wildman–Crippen LogP) is 3.28. The largest absolute Gasteiger partial charge is 0.386 e. The Kier molecular flexibility index (Phi) is 9.27. The summed E-state index contributed by atoms with van der Waals surface area (Å²) in [4.78, 5) is 39.3. The molecule has 0 bridgehead atoms. The lowest BCUT2D eigenvalue weighted by Crippen LogP contribution is -2.24. The summed E-state index contributed by atoms with van der Waals surface area (Å²) in [6.07, 6.45) is 4.00. The Morgan fingerprint density at radius 1 is 1.11 bits per heavy atom. The number of pyridine rings is 1. The van der Waals surface area contributed by atoms with E-state index in [1.54, 1.807) is 18.3 Å². The van der Waals surface area contributed by atoms with Crippen LogP contribution in [0.1, 0.15) is 30.1 Å². The fourth-order valence-corrected chi connectivity index (χ4v) is 3.80. The molecule has 2 N–H and O–H groups in total. The molecule has 9 nitrogen and oxygen atoms in total. The minimum atomic E-state index is 0.0168. The van der Waals surface area contributed by atoms with Gasteiger partial charge in [0.05, 0.1) is 11.4 Å². The number of carbonyl (C=O) groups is 3. The Bertz CT molecular complexity index is 1310. The molecule has 3 aromatic rings. The van der Waals surface area contributed by atoms with Crippen LogP contribution in [0.25, 0.3) is 11.1 Å². The summed E-state index contributed by atoms with van der Waals surface area (Å²) in [6.45, 7) is 6.05. The van der Waals surface area contributed by atoms with Crippen LogP contribution in [-0.2, 0) is 9.59 Å². The third-order valence-corrected chi connectivity index (χ3v) is 5.62. The Morgan fingerprint density at radius 2 is 1.92 bits per heavy atom. The molecule has 0 saturated carbocycles. The lowest BCUT2D eigenvalue weighted by molar-refractivity contribution is -0.117. The maximum atomic E-state index is 11.5. The average molecular weight is 487 g/mol.